The molecule has 2 rings (SSSR count). The lowest BCUT2D eigenvalue weighted by Gasteiger charge is -2.14. The number of hydrogen-bond donors (Lipinski definition) is 1. The number of likely N-dealkylation sites (tertiary alicyclic amines) is 1. The number of unbranched alkanes of at least 4 members (excludes halogenated alkanes) is 1. The number of hydrogen-bond acceptors (Lipinski definition) is 2. The number of carbonyl (C=O) groups is 1. The number of benzene rings is 1. The number of allylic oxidation sites excluding steroid dienone is 1. The maximum absolute atomic E-state index is 12.0. The summed E-state index contributed by atoms with van der Waals surface area (Å²) in [5.41, 5.74) is 1.89. The Morgan fingerprint density at radius 2 is 1.95 bits per heavy atom. The Kier molecular flexibility index (Phi) is 6.48. The van der Waals surface area contributed by atoms with Gasteiger partial charge in [0.05, 0.1) is 0 Å². The quantitative estimate of drug-likeness (QED) is 0.834. The SMILES string of the molecule is CCCC=Cc1ccc(C(=O)NCCN2CCCC2)cc1. The van der Waals surface area contributed by atoms with Crippen LogP contribution in [0.25, 0.3) is 6.08 Å². The van der Waals surface area contributed by atoms with E-state index in [0.29, 0.717) is 0 Å². The summed E-state index contributed by atoms with van der Waals surface area (Å²) in [5, 5.41) is 3.00. The topological polar surface area (TPSA) is 32.3 Å². The van der Waals surface area contributed by atoms with Gasteiger partial charge in [0.2, 0.25) is 0 Å². The highest BCUT2D eigenvalue weighted by Crippen LogP contribution is 2.08. The van der Waals surface area contributed by atoms with Crippen molar-refractivity contribution < 1.29 is 4.79 Å². The molecule has 0 bridgehead atoms. The summed E-state index contributed by atoms with van der Waals surface area (Å²) < 4.78 is 0. The maximum Gasteiger partial charge on any atom is 0.251 e. The summed E-state index contributed by atoms with van der Waals surface area (Å²) in [6.07, 6.45) is 9.12. The van der Waals surface area contributed by atoms with Crippen molar-refractivity contribution in [2.45, 2.75) is 32.6 Å². The lowest BCUT2D eigenvalue weighted by molar-refractivity contribution is 0.0950. The minimum atomic E-state index is 0.0262. The van der Waals surface area contributed by atoms with Gasteiger partial charge in [0.15, 0.2) is 0 Å². The largest absolute Gasteiger partial charge is 0.351 e. The van der Waals surface area contributed by atoms with E-state index in [1.165, 1.54) is 25.9 Å². The minimum absolute atomic E-state index is 0.0262. The highest BCUT2D eigenvalue weighted by molar-refractivity contribution is 5.94. The Bertz CT molecular complexity index is 459. The Hall–Kier alpha value is -1.61. The van der Waals surface area contributed by atoms with E-state index in [2.05, 4.69) is 29.3 Å². The van der Waals surface area contributed by atoms with Gasteiger partial charge in [-0.1, -0.05) is 37.6 Å². The summed E-state index contributed by atoms with van der Waals surface area (Å²) in [6.45, 7) is 6.21. The van der Waals surface area contributed by atoms with Gasteiger partial charge in [-0.05, 0) is 50.0 Å². The molecule has 1 heterocycles. The average molecular weight is 286 g/mol. The zero-order valence-electron chi connectivity index (χ0n) is 13.0. The van der Waals surface area contributed by atoms with Gasteiger partial charge in [-0.2, -0.15) is 0 Å². The van der Waals surface area contributed by atoms with Gasteiger partial charge in [-0.25, -0.2) is 0 Å². The summed E-state index contributed by atoms with van der Waals surface area (Å²) in [6, 6.07) is 7.80. The second-order valence-electron chi connectivity index (χ2n) is 5.62. The number of nitrogens with one attached hydrogen (secondary N) is 1. The van der Waals surface area contributed by atoms with Gasteiger partial charge in [0.1, 0.15) is 0 Å². The van der Waals surface area contributed by atoms with Crippen molar-refractivity contribution in [1.82, 2.24) is 10.2 Å². The van der Waals surface area contributed by atoms with Gasteiger partial charge in [-0.15, -0.1) is 0 Å². The van der Waals surface area contributed by atoms with E-state index < -0.39 is 0 Å². The molecule has 1 aliphatic heterocycles. The third-order valence-corrected chi connectivity index (χ3v) is 3.85. The minimum Gasteiger partial charge on any atom is -0.351 e. The molecule has 1 aromatic rings. The molecule has 3 heteroatoms. The predicted octanol–water partition coefficient (Wildman–Crippen LogP) is 3.33. The lowest BCUT2D eigenvalue weighted by Crippen LogP contribution is -2.33. The van der Waals surface area contributed by atoms with Crippen LogP contribution < -0.4 is 5.32 Å². The molecule has 0 radical (unpaired) electrons. The monoisotopic (exact) mass is 286 g/mol. The molecule has 21 heavy (non-hydrogen) atoms. The fraction of sp³-hybridized carbons (Fsp3) is 0.500. The normalized spacial score (nSPS) is 15.7. The van der Waals surface area contributed by atoms with Crippen molar-refractivity contribution in [2.24, 2.45) is 0 Å². The molecule has 1 fully saturated rings. The summed E-state index contributed by atoms with van der Waals surface area (Å²) in [7, 11) is 0. The fourth-order valence-corrected chi connectivity index (χ4v) is 2.57. The van der Waals surface area contributed by atoms with Gasteiger partial charge >= 0.3 is 0 Å². The Balaban J connectivity index is 1.76. The predicted molar refractivity (Wildman–Crippen MR) is 88.4 cm³/mol. The van der Waals surface area contributed by atoms with Crippen LogP contribution in [-0.4, -0.2) is 37.0 Å². The van der Waals surface area contributed by atoms with Crippen LogP contribution in [0.2, 0.25) is 0 Å². The zero-order chi connectivity index (χ0) is 14.9. The Morgan fingerprint density at radius 3 is 2.62 bits per heavy atom. The highest BCUT2D eigenvalue weighted by Gasteiger charge is 2.11. The van der Waals surface area contributed by atoms with Gasteiger partial charge in [-0.3, -0.25) is 4.79 Å². The zero-order valence-corrected chi connectivity index (χ0v) is 13.0. The summed E-state index contributed by atoms with van der Waals surface area (Å²) in [5.74, 6) is 0.0262. The molecule has 3 nitrogen and oxygen atoms in total. The van der Waals surface area contributed by atoms with Crippen LogP contribution in [0.5, 0.6) is 0 Å². The van der Waals surface area contributed by atoms with Crippen molar-refractivity contribution in [3.05, 3.63) is 41.5 Å². The van der Waals surface area contributed by atoms with Crippen LogP contribution in [0.1, 0.15) is 48.5 Å². The maximum atomic E-state index is 12.0. The molecular weight excluding hydrogens is 260 g/mol. The highest BCUT2D eigenvalue weighted by atomic mass is 16.1. The van der Waals surface area contributed by atoms with E-state index in [0.717, 1.165) is 37.1 Å². The summed E-state index contributed by atoms with van der Waals surface area (Å²) in [4.78, 5) is 14.4. The molecule has 0 unspecified atom stereocenters. The van der Waals surface area contributed by atoms with E-state index in [4.69, 9.17) is 0 Å². The van der Waals surface area contributed by atoms with Crippen molar-refractivity contribution >= 4 is 12.0 Å². The third-order valence-electron chi connectivity index (χ3n) is 3.85. The molecule has 1 amide bonds. The first kappa shape index (κ1) is 15.8. The molecule has 114 valence electrons. The van der Waals surface area contributed by atoms with Gasteiger partial charge < -0.3 is 10.2 Å². The lowest BCUT2D eigenvalue weighted by atomic mass is 10.1. The van der Waals surface area contributed by atoms with Crippen LogP contribution >= 0.6 is 0 Å². The van der Waals surface area contributed by atoms with Gasteiger partial charge in [0, 0.05) is 18.7 Å². The smallest absolute Gasteiger partial charge is 0.251 e. The first-order valence-corrected chi connectivity index (χ1v) is 8.07. The van der Waals surface area contributed by atoms with Crippen LogP contribution in [0.15, 0.2) is 30.3 Å². The van der Waals surface area contributed by atoms with E-state index >= 15 is 0 Å². The second kappa shape index (κ2) is 8.63. The van der Waals surface area contributed by atoms with E-state index in [-0.39, 0.29) is 5.91 Å². The molecule has 1 aliphatic rings. The molecular formula is C18H26N2O. The molecule has 1 N–H and O–H groups in total. The van der Waals surface area contributed by atoms with Crippen LogP contribution in [0, 0.1) is 0 Å². The fourth-order valence-electron chi connectivity index (χ4n) is 2.57. The van der Waals surface area contributed by atoms with Crippen molar-refractivity contribution in [3.63, 3.8) is 0 Å². The van der Waals surface area contributed by atoms with E-state index in [1.807, 2.05) is 24.3 Å². The van der Waals surface area contributed by atoms with Crippen molar-refractivity contribution in [3.8, 4) is 0 Å². The molecule has 0 saturated carbocycles. The second-order valence-corrected chi connectivity index (χ2v) is 5.62. The van der Waals surface area contributed by atoms with E-state index in [9.17, 15) is 4.79 Å². The number of amides is 1. The number of rotatable bonds is 7. The van der Waals surface area contributed by atoms with Crippen molar-refractivity contribution in [1.29, 1.82) is 0 Å². The van der Waals surface area contributed by atoms with Crippen molar-refractivity contribution in [2.75, 3.05) is 26.2 Å². The van der Waals surface area contributed by atoms with Crippen LogP contribution in [0.4, 0.5) is 0 Å². The molecule has 0 aliphatic carbocycles. The third kappa shape index (κ3) is 5.35. The molecule has 0 aromatic heterocycles. The standard InChI is InChI=1S/C18H26N2O/c1-2-3-4-7-16-8-10-17(11-9-16)18(21)19-12-15-20-13-5-6-14-20/h4,7-11H,2-3,5-6,12-15H2,1H3,(H,19,21). The summed E-state index contributed by atoms with van der Waals surface area (Å²) >= 11 is 0. The molecule has 1 aromatic carbocycles. The van der Waals surface area contributed by atoms with Crippen LogP contribution in [0.3, 0.4) is 0 Å². The van der Waals surface area contributed by atoms with Crippen LogP contribution in [-0.2, 0) is 0 Å². The van der Waals surface area contributed by atoms with E-state index in [1.54, 1.807) is 0 Å². The Morgan fingerprint density at radius 1 is 1.24 bits per heavy atom. The molecule has 1 saturated heterocycles. The first-order chi connectivity index (χ1) is 10.3. The van der Waals surface area contributed by atoms with Gasteiger partial charge in [0.25, 0.3) is 5.91 Å². The number of carbonyl (C=O) groups excluding carboxylic acids is 1. The molecule has 0 spiro atoms. The molecule has 0 atom stereocenters. The first-order valence-electron chi connectivity index (χ1n) is 8.07. The average Bonchev–Trinajstić information content (AvgIpc) is 3.01. The number of nitrogens with zero attached hydrogens (tertiary/aromatic N) is 1. The Labute approximate surface area is 128 Å².